The topological polar surface area (TPSA) is 95.9 Å². The molecule has 84 heavy (non-hydrogen) atoms. The Morgan fingerprint density at radius 2 is 0.560 bits per heavy atom. The van der Waals surface area contributed by atoms with Gasteiger partial charge in [0.25, 0.3) is 0 Å². The maximum Gasteiger partial charge on any atom is 0.305 e. The van der Waals surface area contributed by atoms with Gasteiger partial charge in [0.2, 0.25) is 5.91 Å². The van der Waals surface area contributed by atoms with Gasteiger partial charge in [-0.2, -0.15) is 0 Å². The second kappa shape index (κ2) is 74.1. The predicted molar refractivity (Wildman–Crippen MR) is 370 cm³/mol. The number of carbonyl (C=O) groups excluding carboxylic acids is 2. The van der Waals surface area contributed by atoms with E-state index in [1.807, 2.05) is 0 Å². The Labute approximate surface area is 527 Å². The molecule has 0 fully saturated rings. The van der Waals surface area contributed by atoms with Crippen LogP contribution in [0.2, 0.25) is 0 Å². The molecule has 0 heterocycles. The minimum Gasteiger partial charge on any atom is -0.466 e. The predicted octanol–water partition coefficient (Wildman–Crippen LogP) is 25.5. The van der Waals surface area contributed by atoms with Crippen molar-refractivity contribution in [2.75, 3.05) is 13.2 Å². The third-order valence-electron chi connectivity index (χ3n) is 18.6. The molecular weight excluding hydrogens is 1030 g/mol. The first kappa shape index (κ1) is 82.6. The van der Waals surface area contributed by atoms with Crippen LogP contribution in [0, 0.1) is 0 Å². The molecule has 0 aromatic carbocycles. The summed E-state index contributed by atoms with van der Waals surface area (Å²) in [5.41, 5.74) is 0. The van der Waals surface area contributed by atoms with Crippen molar-refractivity contribution < 1.29 is 24.5 Å². The van der Waals surface area contributed by atoms with Crippen molar-refractivity contribution >= 4 is 11.9 Å². The second-order valence-corrected chi connectivity index (χ2v) is 27.0. The molecule has 0 spiro atoms. The molecule has 1 amide bonds. The first-order valence-electron chi connectivity index (χ1n) is 38.9. The van der Waals surface area contributed by atoms with Crippen LogP contribution in [0.25, 0.3) is 0 Å². The number of rotatable bonds is 74. The molecule has 0 rings (SSSR count). The summed E-state index contributed by atoms with van der Waals surface area (Å²) in [6.07, 6.45) is 92.9. The molecule has 500 valence electrons. The fourth-order valence-electron chi connectivity index (χ4n) is 12.6. The molecule has 6 heteroatoms. The summed E-state index contributed by atoms with van der Waals surface area (Å²) in [7, 11) is 0. The van der Waals surface area contributed by atoms with Gasteiger partial charge in [-0.15, -0.1) is 0 Å². The van der Waals surface area contributed by atoms with Crippen LogP contribution in [-0.4, -0.2) is 47.4 Å². The molecule has 6 nitrogen and oxygen atoms in total. The number of nitrogens with one attached hydrogen (secondary N) is 1. The quantitative estimate of drug-likeness (QED) is 0.0320. The van der Waals surface area contributed by atoms with Crippen LogP contribution in [0.15, 0.2) is 12.2 Å². The van der Waals surface area contributed by atoms with E-state index in [2.05, 4.69) is 31.3 Å². The van der Waals surface area contributed by atoms with E-state index >= 15 is 0 Å². The smallest absolute Gasteiger partial charge is 0.305 e. The Bertz CT molecular complexity index is 1270. The normalized spacial score (nSPS) is 12.5. The number of aliphatic hydroxyl groups excluding tert-OH is 2. The van der Waals surface area contributed by atoms with E-state index in [0.29, 0.717) is 25.9 Å². The lowest BCUT2D eigenvalue weighted by atomic mass is 10.0. The summed E-state index contributed by atoms with van der Waals surface area (Å²) >= 11 is 0. The molecule has 0 saturated heterocycles. The van der Waals surface area contributed by atoms with Gasteiger partial charge in [0.05, 0.1) is 25.4 Å². The highest BCUT2D eigenvalue weighted by molar-refractivity contribution is 5.76. The first-order chi connectivity index (χ1) is 41.5. The Hall–Kier alpha value is -1.40. The summed E-state index contributed by atoms with van der Waals surface area (Å²) in [5.74, 6) is -0.0116. The Balaban J connectivity index is 3.33. The standard InChI is InChI=1S/C78H153NO5/c1-3-5-7-9-11-13-15-17-19-21-22-33-36-39-42-46-50-54-58-62-66-70-76(81)75(74-80)79-77(82)71-67-63-59-55-51-47-43-40-37-34-31-29-27-25-23-24-26-28-30-32-35-38-41-45-49-53-57-61-65-69-73-84-78(83)72-68-64-60-56-52-48-44-20-18-16-14-12-10-8-6-4-2/h20,44,75-76,80-81H,3-19,21-43,45-74H2,1-2H3,(H,79,82)/b44-20-. The number of amides is 1. The van der Waals surface area contributed by atoms with Crippen molar-refractivity contribution in [3.05, 3.63) is 12.2 Å². The Morgan fingerprint density at radius 1 is 0.321 bits per heavy atom. The van der Waals surface area contributed by atoms with Crippen molar-refractivity contribution in [1.29, 1.82) is 0 Å². The Morgan fingerprint density at radius 3 is 0.845 bits per heavy atom. The van der Waals surface area contributed by atoms with E-state index in [1.54, 1.807) is 0 Å². The fourth-order valence-corrected chi connectivity index (χ4v) is 12.6. The van der Waals surface area contributed by atoms with Crippen LogP contribution in [-0.2, 0) is 14.3 Å². The zero-order valence-corrected chi connectivity index (χ0v) is 57.4. The van der Waals surface area contributed by atoms with Crippen LogP contribution in [0.1, 0.15) is 450 Å². The van der Waals surface area contributed by atoms with Crippen molar-refractivity contribution in [2.45, 2.75) is 463 Å². The molecule has 0 radical (unpaired) electrons. The van der Waals surface area contributed by atoms with Crippen molar-refractivity contribution in [2.24, 2.45) is 0 Å². The van der Waals surface area contributed by atoms with E-state index in [0.717, 1.165) is 44.9 Å². The van der Waals surface area contributed by atoms with Gasteiger partial charge in [-0.25, -0.2) is 0 Å². The molecule has 0 aliphatic carbocycles. The lowest BCUT2D eigenvalue weighted by molar-refractivity contribution is -0.143. The zero-order valence-electron chi connectivity index (χ0n) is 57.4. The van der Waals surface area contributed by atoms with Crippen LogP contribution < -0.4 is 5.32 Å². The first-order valence-corrected chi connectivity index (χ1v) is 38.9. The number of unbranched alkanes of at least 4 members (excludes halogenated alkanes) is 61. The number of carbonyl (C=O) groups is 2. The minimum absolute atomic E-state index is 0.0140. The maximum absolute atomic E-state index is 12.6. The fraction of sp³-hybridized carbons (Fsp3) is 0.949. The van der Waals surface area contributed by atoms with E-state index in [-0.39, 0.29) is 18.5 Å². The largest absolute Gasteiger partial charge is 0.466 e. The van der Waals surface area contributed by atoms with Crippen molar-refractivity contribution in [3.63, 3.8) is 0 Å². The third kappa shape index (κ3) is 69.7. The molecule has 0 saturated carbocycles. The number of esters is 1. The number of hydrogen-bond acceptors (Lipinski definition) is 5. The van der Waals surface area contributed by atoms with Gasteiger partial charge in [-0.1, -0.05) is 398 Å². The number of aliphatic hydroxyl groups is 2. The highest BCUT2D eigenvalue weighted by atomic mass is 16.5. The summed E-state index contributed by atoms with van der Waals surface area (Å²) < 4.78 is 5.50. The van der Waals surface area contributed by atoms with E-state index < -0.39 is 12.1 Å². The molecular formula is C78H153NO5. The van der Waals surface area contributed by atoms with Gasteiger partial charge in [-0.3, -0.25) is 9.59 Å². The zero-order chi connectivity index (χ0) is 60.6. The molecule has 2 unspecified atom stereocenters. The minimum atomic E-state index is -0.662. The van der Waals surface area contributed by atoms with Gasteiger partial charge >= 0.3 is 5.97 Å². The van der Waals surface area contributed by atoms with Crippen molar-refractivity contribution in [3.8, 4) is 0 Å². The third-order valence-corrected chi connectivity index (χ3v) is 18.6. The summed E-state index contributed by atoms with van der Waals surface area (Å²) in [6, 6.07) is -0.539. The molecule has 0 aromatic rings. The summed E-state index contributed by atoms with van der Waals surface area (Å²) in [6.45, 7) is 5.00. The SMILES string of the molecule is CCCCCCCCC/C=C\CCCCCCCC(=O)OCCCCCCCCCCCCCCCCCCCCCCCCCCCCCCCCC(=O)NC(CO)C(O)CCCCCCCCCCCCCCCCCCCCCCC. The molecule has 0 aromatic heterocycles. The van der Waals surface area contributed by atoms with Gasteiger partial charge in [0.15, 0.2) is 0 Å². The van der Waals surface area contributed by atoms with Crippen LogP contribution in [0.3, 0.4) is 0 Å². The molecule has 2 atom stereocenters. The van der Waals surface area contributed by atoms with E-state index in [1.165, 1.54) is 372 Å². The average Bonchev–Trinajstić information content (AvgIpc) is 3.51. The Kier molecular flexibility index (Phi) is 72.8. The van der Waals surface area contributed by atoms with Gasteiger partial charge in [0.1, 0.15) is 0 Å². The van der Waals surface area contributed by atoms with E-state index in [9.17, 15) is 19.8 Å². The van der Waals surface area contributed by atoms with Crippen LogP contribution in [0.5, 0.6) is 0 Å². The molecule has 0 aliphatic heterocycles. The van der Waals surface area contributed by atoms with Crippen LogP contribution >= 0.6 is 0 Å². The number of hydrogen-bond donors (Lipinski definition) is 3. The monoisotopic (exact) mass is 1180 g/mol. The molecule has 0 bridgehead atoms. The summed E-state index contributed by atoms with van der Waals surface area (Å²) in [4.78, 5) is 24.7. The highest BCUT2D eigenvalue weighted by Crippen LogP contribution is 2.20. The van der Waals surface area contributed by atoms with Gasteiger partial charge in [-0.05, 0) is 51.4 Å². The maximum atomic E-state index is 12.6. The van der Waals surface area contributed by atoms with Gasteiger partial charge in [0, 0.05) is 12.8 Å². The average molecular weight is 1190 g/mol. The van der Waals surface area contributed by atoms with E-state index in [4.69, 9.17) is 4.74 Å². The number of ether oxygens (including phenoxy) is 1. The van der Waals surface area contributed by atoms with Crippen LogP contribution in [0.4, 0.5) is 0 Å². The lowest BCUT2D eigenvalue weighted by Gasteiger charge is -2.22. The van der Waals surface area contributed by atoms with Gasteiger partial charge < -0.3 is 20.3 Å². The molecule has 0 aliphatic rings. The number of allylic oxidation sites excluding steroid dienone is 2. The van der Waals surface area contributed by atoms with Crippen molar-refractivity contribution in [1.82, 2.24) is 5.32 Å². The summed E-state index contributed by atoms with van der Waals surface area (Å²) in [5, 5.41) is 23.5. The highest BCUT2D eigenvalue weighted by Gasteiger charge is 2.20. The lowest BCUT2D eigenvalue weighted by Crippen LogP contribution is -2.45. The second-order valence-electron chi connectivity index (χ2n) is 27.0. The molecule has 3 N–H and O–H groups in total.